The Bertz CT molecular complexity index is 769. The van der Waals surface area contributed by atoms with E-state index in [-0.39, 0.29) is 0 Å². The number of hydrogen-bond donors (Lipinski definition) is 0. The highest BCUT2D eigenvalue weighted by molar-refractivity contribution is 5.52. The van der Waals surface area contributed by atoms with E-state index in [2.05, 4.69) is 34.9 Å². The second-order valence-electron chi connectivity index (χ2n) is 5.57. The zero-order valence-corrected chi connectivity index (χ0v) is 13.1. The van der Waals surface area contributed by atoms with Crippen LogP contribution in [-0.2, 0) is 6.54 Å². The second kappa shape index (κ2) is 6.71. The van der Waals surface area contributed by atoms with Gasteiger partial charge in [0.1, 0.15) is 5.82 Å². The summed E-state index contributed by atoms with van der Waals surface area (Å²) in [7, 11) is 0. The van der Waals surface area contributed by atoms with Crippen molar-refractivity contribution in [3.63, 3.8) is 0 Å². The van der Waals surface area contributed by atoms with E-state index in [4.69, 9.17) is 4.52 Å². The zero-order chi connectivity index (χ0) is 16.2. The molecule has 0 unspecified atom stereocenters. The van der Waals surface area contributed by atoms with Gasteiger partial charge in [-0.2, -0.15) is 4.98 Å². The maximum absolute atomic E-state index is 5.37. The summed E-state index contributed by atoms with van der Waals surface area (Å²) in [6.07, 6.45) is 8.65. The third kappa shape index (κ3) is 3.23. The smallest absolute Gasteiger partial charge is 0.241 e. The molecule has 8 nitrogen and oxygen atoms in total. The van der Waals surface area contributed by atoms with Crippen molar-refractivity contribution in [2.24, 2.45) is 0 Å². The van der Waals surface area contributed by atoms with Gasteiger partial charge < -0.3 is 9.42 Å². The van der Waals surface area contributed by atoms with Crippen LogP contribution in [0.2, 0.25) is 0 Å². The molecule has 1 saturated heterocycles. The molecule has 0 atom stereocenters. The zero-order valence-electron chi connectivity index (χ0n) is 13.1. The van der Waals surface area contributed by atoms with E-state index in [1.165, 1.54) is 0 Å². The minimum atomic E-state index is 0.602. The van der Waals surface area contributed by atoms with Crippen LogP contribution in [0.1, 0.15) is 5.89 Å². The number of hydrogen-bond acceptors (Lipinski definition) is 8. The van der Waals surface area contributed by atoms with Gasteiger partial charge in [-0.3, -0.25) is 14.9 Å². The van der Waals surface area contributed by atoms with E-state index in [0.717, 1.165) is 37.6 Å². The SMILES string of the molecule is c1cc(-c2noc(CN3CCN(c4cnccn4)CC3)n2)ccn1. The summed E-state index contributed by atoms with van der Waals surface area (Å²) in [4.78, 5) is 21.5. The fraction of sp³-hybridized carbons (Fsp3) is 0.312. The van der Waals surface area contributed by atoms with E-state index >= 15 is 0 Å². The Labute approximate surface area is 139 Å². The Balaban J connectivity index is 1.35. The van der Waals surface area contributed by atoms with Gasteiger partial charge in [0, 0.05) is 56.5 Å². The van der Waals surface area contributed by atoms with Crippen molar-refractivity contribution in [2.45, 2.75) is 6.54 Å². The van der Waals surface area contributed by atoms with E-state index in [9.17, 15) is 0 Å². The third-order valence-electron chi connectivity index (χ3n) is 4.01. The lowest BCUT2D eigenvalue weighted by Crippen LogP contribution is -2.46. The van der Waals surface area contributed by atoms with Gasteiger partial charge in [0.05, 0.1) is 12.7 Å². The quantitative estimate of drug-likeness (QED) is 0.709. The Hall–Kier alpha value is -2.87. The van der Waals surface area contributed by atoms with Crippen LogP contribution in [0.15, 0.2) is 47.6 Å². The van der Waals surface area contributed by atoms with Crippen LogP contribution in [0.25, 0.3) is 11.4 Å². The fourth-order valence-corrected chi connectivity index (χ4v) is 2.72. The summed E-state index contributed by atoms with van der Waals surface area (Å²) in [6, 6.07) is 3.74. The van der Waals surface area contributed by atoms with Crippen molar-refractivity contribution >= 4 is 5.82 Å². The van der Waals surface area contributed by atoms with Crippen molar-refractivity contribution < 1.29 is 4.52 Å². The number of anilines is 1. The lowest BCUT2D eigenvalue weighted by molar-refractivity contribution is 0.215. The molecule has 0 radical (unpaired) electrons. The molecule has 0 spiro atoms. The average Bonchev–Trinajstić information content (AvgIpc) is 3.12. The van der Waals surface area contributed by atoms with Gasteiger partial charge in [0.15, 0.2) is 0 Å². The molecule has 4 rings (SSSR count). The fourth-order valence-electron chi connectivity index (χ4n) is 2.72. The van der Waals surface area contributed by atoms with Gasteiger partial charge >= 0.3 is 0 Å². The summed E-state index contributed by atoms with van der Waals surface area (Å²) in [5, 5.41) is 4.05. The van der Waals surface area contributed by atoms with Crippen LogP contribution in [0.5, 0.6) is 0 Å². The highest BCUT2D eigenvalue weighted by Crippen LogP contribution is 2.16. The first-order valence-electron chi connectivity index (χ1n) is 7.85. The maximum atomic E-state index is 5.37. The van der Waals surface area contributed by atoms with Crippen molar-refractivity contribution in [1.29, 1.82) is 0 Å². The Kier molecular flexibility index (Phi) is 4.11. The first-order valence-corrected chi connectivity index (χ1v) is 7.85. The summed E-state index contributed by atoms with van der Waals surface area (Å²) in [5.41, 5.74) is 0.910. The van der Waals surface area contributed by atoms with Crippen LogP contribution in [0.4, 0.5) is 5.82 Å². The van der Waals surface area contributed by atoms with Gasteiger partial charge in [-0.05, 0) is 12.1 Å². The highest BCUT2D eigenvalue weighted by atomic mass is 16.5. The number of aromatic nitrogens is 5. The van der Waals surface area contributed by atoms with Gasteiger partial charge in [-0.15, -0.1) is 0 Å². The molecule has 24 heavy (non-hydrogen) atoms. The summed E-state index contributed by atoms with van der Waals surface area (Å²) >= 11 is 0. The highest BCUT2D eigenvalue weighted by Gasteiger charge is 2.20. The molecule has 3 aromatic heterocycles. The first kappa shape index (κ1) is 14.7. The molecular weight excluding hydrogens is 306 g/mol. The van der Waals surface area contributed by atoms with E-state index in [1.807, 2.05) is 12.1 Å². The van der Waals surface area contributed by atoms with E-state index < -0.39 is 0 Å². The largest absolute Gasteiger partial charge is 0.353 e. The Morgan fingerprint density at radius 2 is 1.79 bits per heavy atom. The molecular formula is C16H17N7O. The van der Waals surface area contributed by atoms with Gasteiger partial charge in [-0.1, -0.05) is 5.16 Å². The van der Waals surface area contributed by atoms with Crippen LogP contribution >= 0.6 is 0 Å². The number of piperazine rings is 1. The van der Waals surface area contributed by atoms with Crippen molar-refractivity contribution in [3.05, 3.63) is 49.0 Å². The normalized spacial score (nSPS) is 15.6. The van der Waals surface area contributed by atoms with Crippen LogP contribution in [-0.4, -0.2) is 56.2 Å². The maximum Gasteiger partial charge on any atom is 0.241 e. The number of rotatable bonds is 4. The number of nitrogens with zero attached hydrogens (tertiary/aromatic N) is 7. The lowest BCUT2D eigenvalue weighted by atomic mass is 10.2. The summed E-state index contributed by atoms with van der Waals surface area (Å²) < 4.78 is 5.37. The third-order valence-corrected chi connectivity index (χ3v) is 4.01. The lowest BCUT2D eigenvalue weighted by Gasteiger charge is -2.34. The minimum Gasteiger partial charge on any atom is -0.353 e. The molecule has 4 heterocycles. The molecule has 8 heteroatoms. The molecule has 0 saturated carbocycles. The van der Waals surface area contributed by atoms with Gasteiger partial charge in [-0.25, -0.2) is 4.98 Å². The first-order chi connectivity index (χ1) is 11.9. The number of pyridine rings is 1. The van der Waals surface area contributed by atoms with Crippen molar-refractivity contribution in [1.82, 2.24) is 30.0 Å². The van der Waals surface area contributed by atoms with Gasteiger partial charge in [0.2, 0.25) is 11.7 Å². The predicted molar refractivity (Wildman–Crippen MR) is 87.1 cm³/mol. The standard InChI is InChI=1S/C16H17N7O/c1-3-17-4-2-13(1)16-20-15(24-21-16)12-22-7-9-23(10-8-22)14-11-18-5-6-19-14/h1-6,11H,7-10,12H2. The molecule has 0 bridgehead atoms. The Morgan fingerprint density at radius 3 is 2.54 bits per heavy atom. The molecule has 0 amide bonds. The van der Waals surface area contributed by atoms with Crippen molar-refractivity contribution in [3.8, 4) is 11.4 Å². The molecule has 0 aliphatic carbocycles. The van der Waals surface area contributed by atoms with Crippen LogP contribution in [0.3, 0.4) is 0 Å². The molecule has 3 aromatic rings. The average molecular weight is 323 g/mol. The second-order valence-corrected chi connectivity index (χ2v) is 5.57. The summed E-state index contributed by atoms with van der Waals surface area (Å²) in [5.74, 6) is 2.16. The molecule has 0 N–H and O–H groups in total. The molecule has 1 aliphatic rings. The summed E-state index contributed by atoms with van der Waals surface area (Å²) in [6.45, 7) is 4.31. The molecule has 122 valence electrons. The van der Waals surface area contributed by atoms with E-state index in [1.54, 1.807) is 31.0 Å². The van der Waals surface area contributed by atoms with Gasteiger partial charge in [0.25, 0.3) is 0 Å². The van der Waals surface area contributed by atoms with Crippen LogP contribution in [0, 0.1) is 0 Å². The molecule has 0 aromatic carbocycles. The topological polar surface area (TPSA) is 84.1 Å². The Morgan fingerprint density at radius 1 is 0.958 bits per heavy atom. The minimum absolute atomic E-state index is 0.602. The molecule has 1 fully saturated rings. The monoisotopic (exact) mass is 323 g/mol. The van der Waals surface area contributed by atoms with Crippen LogP contribution < -0.4 is 4.90 Å². The van der Waals surface area contributed by atoms with Crippen molar-refractivity contribution in [2.75, 3.05) is 31.1 Å². The predicted octanol–water partition coefficient (Wildman–Crippen LogP) is 1.24. The molecule has 1 aliphatic heterocycles. The van der Waals surface area contributed by atoms with E-state index in [0.29, 0.717) is 18.3 Å².